The molecule has 19 nitrogen and oxygen atoms in total. The Labute approximate surface area is 474 Å². The van der Waals surface area contributed by atoms with Crippen molar-refractivity contribution in [2.75, 3.05) is 26.4 Å². The molecule has 0 aromatic carbocycles. The molecule has 0 saturated carbocycles. The van der Waals surface area contributed by atoms with Crippen LogP contribution in [0.3, 0.4) is 0 Å². The smallest absolute Gasteiger partial charge is 0.220 e. The Balaban J connectivity index is 1.28. The predicted molar refractivity (Wildman–Crippen MR) is 300 cm³/mol. The van der Waals surface area contributed by atoms with E-state index in [1.165, 1.54) is 167 Å². The number of rotatable bonds is 47. The summed E-state index contributed by atoms with van der Waals surface area (Å²) in [5.74, 6) is -0.281. The summed E-state index contributed by atoms with van der Waals surface area (Å²) in [6.07, 6.45) is 19.0. The minimum absolute atomic E-state index is 0.247. The summed E-state index contributed by atoms with van der Waals surface area (Å²) in [5, 5.41) is 119. The SMILES string of the molecule is CCCC/C=C/C(O)C(COC1OC(CO)C(OC2OC(CO)C(OC3OC(CO)C(O)C(O)C3O)C(O)C2O)C(O)C1O)NC(=O)CCCCCCCCCCCCCCCCCCCCCCCCCCCCCCCC. The maximum Gasteiger partial charge on any atom is 0.220 e. The fourth-order valence-electron chi connectivity index (χ4n) is 10.9. The molecule has 79 heavy (non-hydrogen) atoms. The van der Waals surface area contributed by atoms with Crippen LogP contribution in [-0.4, -0.2) is 193 Å². The van der Waals surface area contributed by atoms with Gasteiger partial charge in [-0.1, -0.05) is 225 Å². The Kier molecular flexibility index (Phi) is 40.1. The van der Waals surface area contributed by atoms with Gasteiger partial charge in [0.1, 0.15) is 73.2 Å². The Hall–Kier alpha value is -1.47. The van der Waals surface area contributed by atoms with Crippen LogP contribution in [0, 0.1) is 0 Å². The molecule has 0 aromatic heterocycles. The fourth-order valence-corrected chi connectivity index (χ4v) is 10.9. The molecule has 17 atom stereocenters. The molecule has 3 heterocycles. The summed E-state index contributed by atoms with van der Waals surface area (Å²) < 4.78 is 34.0. The highest BCUT2D eigenvalue weighted by molar-refractivity contribution is 5.76. The molecule has 0 aliphatic carbocycles. The first-order valence-corrected chi connectivity index (χ1v) is 31.4. The number of hydrogen-bond donors (Lipinski definition) is 12. The third-order valence-corrected chi connectivity index (χ3v) is 16.1. The van der Waals surface area contributed by atoms with E-state index in [-0.39, 0.29) is 18.9 Å². The van der Waals surface area contributed by atoms with E-state index in [0.29, 0.717) is 12.8 Å². The molecule has 3 saturated heterocycles. The first kappa shape index (κ1) is 71.8. The summed E-state index contributed by atoms with van der Waals surface area (Å²) in [6.45, 7) is 1.57. The van der Waals surface area contributed by atoms with Crippen LogP contribution in [0.15, 0.2) is 12.2 Å². The van der Waals surface area contributed by atoms with Gasteiger partial charge in [-0.25, -0.2) is 0 Å². The highest BCUT2D eigenvalue weighted by Crippen LogP contribution is 2.33. The van der Waals surface area contributed by atoms with E-state index < -0.39 is 124 Å². The lowest BCUT2D eigenvalue weighted by molar-refractivity contribution is -0.379. The summed E-state index contributed by atoms with van der Waals surface area (Å²) in [4.78, 5) is 13.2. The molecule has 3 aliphatic rings. The molecule has 0 radical (unpaired) electrons. The highest BCUT2D eigenvalue weighted by atomic mass is 16.8. The molecule has 3 aliphatic heterocycles. The Morgan fingerprint density at radius 1 is 0.443 bits per heavy atom. The van der Waals surface area contributed by atoms with Crippen LogP contribution < -0.4 is 5.32 Å². The van der Waals surface area contributed by atoms with E-state index in [2.05, 4.69) is 12.2 Å². The summed E-state index contributed by atoms with van der Waals surface area (Å²) in [5.41, 5.74) is 0. The van der Waals surface area contributed by atoms with Gasteiger partial charge in [-0.15, -0.1) is 0 Å². The number of aliphatic hydroxyl groups excluding tert-OH is 11. The number of carbonyl (C=O) groups excluding carboxylic acids is 1. The molecule has 0 aromatic rings. The lowest BCUT2D eigenvalue weighted by Gasteiger charge is -2.48. The number of carbonyl (C=O) groups is 1. The largest absolute Gasteiger partial charge is 0.394 e. The van der Waals surface area contributed by atoms with E-state index >= 15 is 0 Å². The second kappa shape index (κ2) is 44.1. The first-order valence-electron chi connectivity index (χ1n) is 31.4. The molecule has 3 fully saturated rings. The normalized spacial score (nSPS) is 30.3. The fraction of sp³-hybridized carbons (Fsp3) is 0.950. The third-order valence-electron chi connectivity index (χ3n) is 16.1. The van der Waals surface area contributed by atoms with E-state index in [4.69, 9.17) is 28.4 Å². The highest BCUT2D eigenvalue weighted by Gasteiger charge is 2.53. The first-order chi connectivity index (χ1) is 38.3. The monoisotopic (exact) mass is 1140 g/mol. The Morgan fingerprint density at radius 2 is 0.785 bits per heavy atom. The van der Waals surface area contributed by atoms with Crippen LogP contribution in [0.4, 0.5) is 0 Å². The van der Waals surface area contributed by atoms with Gasteiger partial charge in [0.05, 0.1) is 38.6 Å². The van der Waals surface area contributed by atoms with Gasteiger partial charge in [-0.3, -0.25) is 4.79 Å². The van der Waals surface area contributed by atoms with Gasteiger partial charge in [0.25, 0.3) is 0 Å². The van der Waals surface area contributed by atoms with Crippen molar-refractivity contribution in [1.29, 1.82) is 0 Å². The van der Waals surface area contributed by atoms with E-state index in [0.717, 1.165) is 32.1 Å². The van der Waals surface area contributed by atoms with Crippen molar-refractivity contribution >= 4 is 5.91 Å². The van der Waals surface area contributed by atoms with Gasteiger partial charge in [0, 0.05) is 6.42 Å². The van der Waals surface area contributed by atoms with Crippen LogP contribution >= 0.6 is 0 Å². The predicted octanol–water partition coefficient (Wildman–Crippen LogP) is 6.16. The summed E-state index contributed by atoms with van der Waals surface area (Å²) in [6, 6.07) is -0.964. The lowest BCUT2D eigenvalue weighted by atomic mass is 9.96. The zero-order valence-corrected chi connectivity index (χ0v) is 48.6. The molecule has 17 unspecified atom stereocenters. The van der Waals surface area contributed by atoms with Crippen LogP contribution in [0.2, 0.25) is 0 Å². The van der Waals surface area contributed by atoms with Crippen molar-refractivity contribution in [2.45, 2.75) is 336 Å². The van der Waals surface area contributed by atoms with Crippen molar-refractivity contribution in [3.05, 3.63) is 12.2 Å². The molecule has 3 rings (SSSR count). The van der Waals surface area contributed by atoms with Crippen LogP contribution in [0.1, 0.15) is 232 Å². The van der Waals surface area contributed by atoms with Crippen molar-refractivity contribution in [3.8, 4) is 0 Å². The van der Waals surface area contributed by atoms with Gasteiger partial charge >= 0.3 is 0 Å². The lowest BCUT2D eigenvalue weighted by Crippen LogP contribution is -2.66. The van der Waals surface area contributed by atoms with Gasteiger partial charge in [0.2, 0.25) is 5.91 Å². The second-order valence-electron chi connectivity index (χ2n) is 22.9. The number of nitrogens with one attached hydrogen (secondary N) is 1. The van der Waals surface area contributed by atoms with E-state index in [1.807, 2.05) is 13.0 Å². The Bertz CT molecular complexity index is 1500. The molecule has 1 amide bonds. The zero-order valence-electron chi connectivity index (χ0n) is 48.6. The minimum Gasteiger partial charge on any atom is -0.394 e. The van der Waals surface area contributed by atoms with Crippen LogP contribution in [-0.2, 0) is 33.2 Å². The van der Waals surface area contributed by atoms with Gasteiger partial charge in [-0.05, 0) is 12.8 Å². The molecular formula is C60H113NO18. The number of ether oxygens (including phenoxy) is 6. The minimum atomic E-state index is -1.97. The number of amides is 1. The number of aliphatic hydroxyl groups is 11. The van der Waals surface area contributed by atoms with E-state index in [9.17, 15) is 61.0 Å². The molecule has 12 N–H and O–H groups in total. The van der Waals surface area contributed by atoms with Crippen molar-refractivity contribution in [3.63, 3.8) is 0 Å². The standard InChI is InChI=1S/C60H113NO18/c1-3-5-7-9-10-11-12-13-14-15-16-17-18-19-20-21-22-23-24-25-26-27-28-29-30-31-32-33-34-36-38-48(66)61-43(44(65)37-35-8-6-4-2)42-74-58-54(72)51(69)56(46(40-63)76-58)79-60-55(73)52(70)57(47(41-64)77-60)78-59-53(71)50(68)49(67)45(39-62)75-59/h35,37,43-47,49-60,62-65,67-73H,3-34,36,38-42H2,1-2H3,(H,61,66)/b37-35+. The topological polar surface area (TPSA) is 307 Å². The molecular weight excluding hydrogens is 1020 g/mol. The Morgan fingerprint density at radius 3 is 1.18 bits per heavy atom. The van der Waals surface area contributed by atoms with Crippen LogP contribution in [0.5, 0.6) is 0 Å². The molecule has 0 bridgehead atoms. The zero-order chi connectivity index (χ0) is 57.6. The van der Waals surface area contributed by atoms with Crippen molar-refractivity contribution < 1.29 is 89.4 Å². The molecule has 0 spiro atoms. The summed E-state index contributed by atoms with van der Waals surface area (Å²) >= 11 is 0. The molecule has 19 heteroatoms. The number of hydrogen-bond acceptors (Lipinski definition) is 18. The quantitative estimate of drug-likeness (QED) is 0.0240. The maximum atomic E-state index is 13.2. The number of allylic oxidation sites excluding steroid dienone is 1. The van der Waals surface area contributed by atoms with Gasteiger partial charge < -0.3 is 89.9 Å². The average molecular weight is 1140 g/mol. The third kappa shape index (κ3) is 27.9. The van der Waals surface area contributed by atoms with Crippen molar-refractivity contribution in [2.24, 2.45) is 0 Å². The van der Waals surface area contributed by atoms with Gasteiger partial charge in [0.15, 0.2) is 18.9 Å². The average Bonchev–Trinajstić information content (AvgIpc) is 3.50. The summed E-state index contributed by atoms with van der Waals surface area (Å²) in [7, 11) is 0. The van der Waals surface area contributed by atoms with Crippen LogP contribution in [0.25, 0.3) is 0 Å². The second-order valence-corrected chi connectivity index (χ2v) is 22.9. The van der Waals surface area contributed by atoms with E-state index in [1.54, 1.807) is 6.08 Å². The van der Waals surface area contributed by atoms with Gasteiger partial charge in [-0.2, -0.15) is 0 Å². The maximum absolute atomic E-state index is 13.2. The van der Waals surface area contributed by atoms with Crippen molar-refractivity contribution in [1.82, 2.24) is 5.32 Å². The number of unbranched alkanes of at least 4 members (excludes halogenated alkanes) is 31. The molecule has 466 valence electrons.